The van der Waals surface area contributed by atoms with Crippen LogP contribution in [0.1, 0.15) is 90.0 Å². The molecule has 21 nitrogen and oxygen atoms in total. The van der Waals surface area contributed by atoms with Crippen molar-refractivity contribution < 1.29 is 57.4 Å². The van der Waals surface area contributed by atoms with E-state index in [-0.39, 0.29) is 22.5 Å². The lowest BCUT2D eigenvalue weighted by Crippen LogP contribution is -2.54. The number of rotatable bonds is 18. The second-order valence-corrected chi connectivity index (χ2v) is 15.3. The predicted molar refractivity (Wildman–Crippen MR) is 225 cm³/mol. The fourth-order valence-electron chi connectivity index (χ4n) is 5.00. The van der Waals surface area contributed by atoms with Crippen LogP contribution < -0.4 is 47.9 Å². The van der Waals surface area contributed by atoms with Crippen molar-refractivity contribution in [2.24, 2.45) is 0 Å². The number of amides is 9. The van der Waals surface area contributed by atoms with E-state index in [0.29, 0.717) is 0 Å². The minimum atomic E-state index is -1.14. The lowest BCUT2D eigenvalue weighted by Gasteiger charge is -2.22. The van der Waals surface area contributed by atoms with Crippen molar-refractivity contribution in [1.82, 2.24) is 37.2 Å². The smallest absolute Gasteiger partial charge is 0.408 e. The van der Waals surface area contributed by atoms with Crippen molar-refractivity contribution in [3.8, 4) is 0 Å². The third-order valence-electron chi connectivity index (χ3n) is 8.56. The first-order valence-electron chi connectivity index (χ1n) is 19.5. The maximum Gasteiger partial charge on any atom is 0.408 e. The molecule has 0 unspecified atom stereocenters. The van der Waals surface area contributed by atoms with Crippen molar-refractivity contribution in [2.75, 3.05) is 17.7 Å². The van der Waals surface area contributed by atoms with E-state index in [1.807, 2.05) is 0 Å². The molecule has 0 heterocycles. The fourth-order valence-corrected chi connectivity index (χ4v) is 5.00. The van der Waals surface area contributed by atoms with Gasteiger partial charge >= 0.3 is 12.1 Å². The number of esters is 1. The zero-order valence-electron chi connectivity index (χ0n) is 36.6. The van der Waals surface area contributed by atoms with Crippen LogP contribution >= 0.6 is 0 Å². The van der Waals surface area contributed by atoms with Gasteiger partial charge in [0.25, 0.3) is 11.8 Å². The Bertz CT molecular complexity index is 2020. The molecule has 0 saturated carbocycles. The molecule has 0 fully saturated rings. The summed E-state index contributed by atoms with van der Waals surface area (Å²) >= 11 is 0. The molecule has 21 heteroatoms. The van der Waals surface area contributed by atoms with Crippen LogP contribution in [0.3, 0.4) is 0 Å². The van der Waals surface area contributed by atoms with Crippen LogP contribution in [0.4, 0.5) is 16.2 Å². The Morgan fingerprint density at radius 3 is 1.13 bits per heavy atom. The summed E-state index contributed by atoms with van der Waals surface area (Å²) in [4.78, 5) is 126. The molecule has 7 atom stereocenters. The Morgan fingerprint density at radius 1 is 0.452 bits per heavy atom. The molecule has 2 rings (SSSR count). The number of alkyl carbamates (subject to hydrolysis) is 1. The number of carbonyl (C=O) groups is 10. The summed E-state index contributed by atoms with van der Waals surface area (Å²) in [6.07, 6.45) is -0.800. The maximum atomic E-state index is 13.0. The highest BCUT2D eigenvalue weighted by molar-refractivity contribution is 6.03. The van der Waals surface area contributed by atoms with E-state index in [1.165, 1.54) is 104 Å². The van der Waals surface area contributed by atoms with Crippen LogP contribution in [0, 0.1) is 0 Å². The standard InChI is InChI=1S/C41H57N9O12/c1-20(31(51)43-23(4)35(55)49-29-16-13-15-28(19-29)38(58)46-22(3)33(53)47-26(7)39(59)61-11)42-32(52)21(2)45-37(57)27-14-12-17-30(18-27)50-36(56)24(5)44-34(54)25(6)48-40(60)62-41(8,9)10/h12-26H,1-11H3,(H,42,52)(H,43,51)(H,44,54)(H,45,57)(H,46,58)(H,47,53)(H,48,60)(H,49,55)(H,50,56)/t20-,21+,22+,23+,24+,25-,26-/m1/s1. The monoisotopic (exact) mass is 867 g/mol. The SMILES string of the molecule is COC(=O)[C@@H](C)NC(=O)[C@H](C)NC(=O)c1cccc(NC(=O)[C@H](C)NC(=O)[C@@H](C)NC(=O)[C@H](C)NC(=O)c2cccc(NC(=O)[C@H](C)NC(=O)[C@@H](C)NC(=O)OC(C)(C)C)c2)c1. The van der Waals surface area contributed by atoms with E-state index >= 15 is 0 Å². The summed E-state index contributed by atoms with van der Waals surface area (Å²) in [6.45, 7) is 14.9. The Morgan fingerprint density at radius 2 is 0.774 bits per heavy atom. The van der Waals surface area contributed by atoms with E-state index in [4.69, 9.17) is 4.74 Å². The van der Waals surface area contributed by atoms with Gasteiger partial charge in [0.15, 0.2) is 0 Å². The molecule has 0 radical (unpaired) electrons. The number of ether oxygens (including phenoxy) is 2. The normalized spacial score (nSPS) is 14.2. The summed E-state index contributed by atoms with van der Waals surface area (Å²) in [5.74, 6) is -5.95. The summed E-state index contributed by atoms with van der Waals surface area (Å²) in [5.41, 5.74) is -0.170. The number of hydrogen-bond donors (Lipinski definition) is 9. The largest absolute Gasteiger partial charge is 0.467 e. The number of nitrogens with one attached hydrogen (secondary N) is 9. The molecule has 0 saturated heterocycles. The molecule has 62 heavy (non-hydrogen) atoms. The predicted octanol–water partition coefficient (Wildman–Crippen LogP) is 0.605. The Kier molecular flexibility index (Phi) is 19.0. The number of carbonyl (C=O) groups excluding carboxylic acids is 10. The first-order chi connectivity index (χ1) is 28.8. The van der Waals surface area contributed by atoms with Gasteiger partial charge in [0.1, 0.15) is 47.9 Å². The van der Waals surface area contributed by atoms with Crippen LogP contribution in [-0.2, 0) is 43.0 Å². The molecule has 2 aromatic carbocycles. The quantitative estimate of drug-likeness (QED) is 0.0932. The maximum absolute atomic E-state index is 13.0. The summed E-state index contributed by atoms with van der Waals surface area (Å²) in [7, 11) is 1.18. The molecule has 2 aromatic rings. The van der Waals surface area contributed by atoms with Gasteiger partial charge in [-0.25, -0.2) is 9.59 Å². The molecule has 9 amide bonds. The Labute approximate surface area is 359 Å². The Hall–Kier alpha value is -7.06. The molecule has 0 aliphatic heterocycles. The molecule has 338 valence electrons. The van der Waals surface area contributed by atoms with Gasteiger partial charge in [-0.1, -0.05) is 12.1 Å². The van der Waals surface area contributed by atoms with Gasteiger partial charge in [-0.2, -0.15) is 0 Å². The number of methoxy groups -OCH3 is 1. The van der Waals surface area contributed by atoms with Gasteiger partial charge in [-0.15, -0.1) is 0 Å². The third kappa shape index (κ3) is 16.9. The zero-order chi connectivity index (χ0) is 47.1. The lowest BCUT2D eigenvalue weighted by atomic mass is 10.1. The highest BCUT2D eigenvalue weighted by Crippen LogP contribution is 2.13. The second kappa shape index (κ2) is 23.1. The van der Waals surface area contributed by atoms with Gasteiger partial charge in [0, 0.05) is 22.5 Å². The minimum Gasteiger partial charge on any atom is -0.467 e. The van der Waals surface area contributed by atoms with Crippen molar-refractivity contribution in [2.45, 2.75) is 117 Å². The van der Waals surface area contributed by atoms with Crippen molar-refractivity contribution in [1.29, 1.82) is 0 Å². The Balaban J connectivity index is 1.88. The second-order valence-electron chi connectivity index (χ2n) is 15.3. The molecule has 0 spiro atoms. The van der Waals surface area contributed by atoms with Gasteiger partial charge in [0.2, 0.25) is 35.4 Å². The van der Waals surface area contributed by atoms with Crippen LogP contribution in [-0.4, -0.2) is 114 Å². The molecular formula is C41H57N9O12. The van der Waals surface area contributed by atoms with E-state index < -0.39 is 107 Å². The van der Waals surface area contributed by atoms with Crippen LogP contribution in [0.25, 0.3) is 0 Å². The number of anilines is 2. The molecule has 0 aromatic heterocycles. The van der Waals surface area contributed by atoms with E-state index in [9.17, 15) is 47.9 Å². The van der Waals surface area contributed by atoms with Crippen molar-refractivity contribution >= 4 is 70.7 Å². The average molecular weight is 868 g/mol. The molecule has 0 aliphatic rings. The van der Waals surface area contributed by atoms with E-state index in [0.717, 1.165) is 0 Å². The van der Waals surface area contributed by atoms with Crippen molar-refractivity contribution in [3.05, 3.63) is 59.7 Å². The highest BCUT2D eigenvalue weighted by Gasteiger charge is 2.27. The molecular weight excluding hydrogens is 811 g/mol. The summed E-state index contributed by atoms with van der Waals surface area (Å²) < 4.78 is 9.70. The summed E-state index contributed by atoms with van der Waals surface area (Å²) in [6, 6.07) is 4.22. The third-order valence-corrected chi connectivity index (χ3v) is 8.56. The molecule has 9 N–H and O–H groups in total. The molecule has 0 bridgehead atoms. The first kappa shape index (κ1) is 51.1. The van der Waals surface area contributed by atoms with Crippen LogP contribution in [0.2, 0.25) is 0 Å². The van der Waals surface area contributed by atoms with Crippen molar-refractivity contribution in [3.63, 3.8) is 0 Å². The minimum absolute atomic E-state index is 0.0789. The van der Waals surface area contributed by atoms with E-state index in [1.54, 1.807) is 20.8 Å². The van der Waals surface area contributed by atoms with Gasteiger partial charge in [-0.05, 0) is 106 Å². The first-order valence-corrected chi connectivity index (χ1v) is 19.5. The fraction of sp³-hybridized carbons (Fsp3) is 0.463. The average Bonchev–Trinajstić information content (AvgIpc) is 3.19. The van der Waals surface area contributed by atoms with Crippen LogP contribution in [0.5, 0.6) is 0 Å². The molecule has 0 aliphatic carbocycles. The van der Waals surface area contributed by atoms with Gasteiger partial charge in [0.05, 0.1) is 7.11 Å². The van der Waals surface area contributed by atoms with Gasteiger partial charge in [-0.3, -0.25) is 38.4 Å². The topological polar surface area (TPSA) is 297 Å². The lowest BCUT2D eigenvalue weighted by molar-refractivity contribution is -0.144. The number of hydrogen-bond acceptors (Lipinski definition) is 12. The van der Waals surface area contributed by atoms with E-state index in [2.05, 4.69) is 52.6 Å². The zero-order valence-corrected chi connectivity index (χ0v) is 36.6. The van der Waals surface area contributed by atoms with Crippen LogP contribution in [0.15, 0.2) is 48.5 Å². The number of benzene rings is 2. The highest BCUT2D eigenvalue weighted by atomic mass is 16.6. The van der Waals surface area contributed by atoms with Gasteiger partial charge < -0.3 is 57.3 Å². The summed E-state index contributed by atoms with van der Waals surface area (Å²) in [5, 5.41) is 22.4.